The van der Waals surface area contributed by atoms with Gasteiger partial charge in [0.15, 0.2) is 0 Å². The first-order chi connectivity index (χ1) is 8.83. The Kier molecular flexibility index (Phi) is 5.15. The number of nitrogens with zero attached hydrogens (tertiary/aromatic N) is 1. The standard InChI is InChI=1S/C13H14F4N2.ClH/c1-9(12(14)4-6-18-7-5-12)10-2-3-11(19-8-10)13(15,16)17;/h2-3,8,18H,1,4-7H2;1H. The Bertz CT molecular complexity index is 464. The zero-order chi connectivity index (χ0) is 14.1. The number of allylic oxidation sites excluding steroid dienone is 1. The highest BCUT2D eigenvalue weighted by Gasteiger charge is 2.36. The molecule has 1 aliphatic heterocycles. The van der Waals surface area contributed by atoms with Crippen molar-refractivity contribution >= 4 is 18.0 Å². The molecule has 0 saturated carbocycles. The summed E-state index contributed by atoms with van der Waals surface area (Å²) in [5.41, 5.74) is -2.03. The number of piperidine rings is 1. The summed E-state index contributed by atoms with van der Waals surface area (Å²) in [6.45, 7) is 4.75. The Morgan fingerprint density at radius 2 is 1.85 bits per heavy atom. The Hall–Kier alpha value is -1.14. The van der Waals surface area contributed by atoms with Crippen LogP contribution >= 0.6 is 12.4 Å². The lowest BCUT2D eigenvalue weighted by atomic mass is 9.84. The van der Waals surface area contributed by atoms with E-state index in [0.29, 0.717) is 18.7 Å². The minimum Gasteiger partial charge on any atom is -0.316 e. The Morgan fingerprint density at radius 1 is 1.25 bits per heavy atom. The van der Waals surface area contributed by atoms with E-state index in [1.165, 1.54) is 6.07 Å². The first-order valence-electron chi connectivity index (χ1n) is 5.95. The molecule has 7 heteroatoms. The summed E-state index contributed by atoms with van der Waals surface area (Å²) in [7, 11) is 0. The molecule has 1 aliphatic rings. The minimum atomic E-state index is -4.48. The predicted octanol–water partition coefficient (Wildman–Crippen LogP) is 3.63. The molecule has 1 aromatic rings. The van der Waals surface area contributed by atoms with Crippen LogP contribution in [0.3, 0.4) is 0 Å². The van der Waals surface area contributed by atoms with Crippen LogP contribution in [-0.2, 0) is 6.18 Å². The molecular formula is C13H15ClF4N2. The van der Waals surface area contributed by atoms with Crippen molar-refractivity contribution in [1.29, 1.82) is 0 Å². The molecule has 1 N–H and O–H groups in total. The third kappa shape index (κ3) is 3.49. The highest BCUT2D eigenvalue weighted by atomic mass is 35.5. The molecule has 0 radical (unpaired) electrons. The van der Waals surface area contributed by atoms with Crippen LogP contribution in [-0.4, -0.2) is 23.7 Å². The number of hydrogen-bond donors (Lipinski definition) is 1. The predicted molar refractivity (Wildman–Crippen MR) is 71.5 cm³/mol. The van der Waals surface area contributed by atoms with E-state index in [1.807, 2.05) is 0 Å². The maximum atomic E-state index is 14.6. The average Bonchev–Trinajstić information content (AvgIpc) is 2.38. The van der Waals surface area contributed by atoms with Gasteiger partial charge in [0, 0.05) is 6.20 Å². The number of aromatic nitrogens is 1. The molecule has 2 heterocycles. The van der Waals surface area contributed by atoms with Crippen LogP contribution in [0.4, 0.5) is 17.6 Å². The van der Waals surface area contributed by atoms with Crippen molar-refractivity contribution in [3.63, 3.8) is 0 Å². The van der Waals surface area contributed by atoms with Crippen molar-refractivity contribution in [3.8, 4) is 0 Å². The maximum absolute atomic E-state index is 14.6. The third-order valence-corrected chi connectivity index (χ3v) is 3.34. The van der Waals surface area contributed by atoms with Crippen LogP contribution in [0.1, 0.15) is 24.1 Å². The quantitative estimate of drug-likeness (QED) is 0.844. The van der Waals surface area contributed by atoms with Gasteiger partial charge in [0.1, 0.15) is 11.4 Å². The molecule has 0 bridgehead atoms. The average molecular weight is 311 g/mol. The van der Waals surface area contributed by atoms with Crippen molar-refractivity contribution in [1.82, 2.24) is 10.3 Å². The number of hydrogen-bond acceptors (Lipinski definition) is 2. The molecule has 20 heavy (non-hydrogen) atoms. The molecule has 112 valence electrons. The van der Waals surface area contributed by atoms with Crippen LogP contribution in [0.5, 0.6) is 0 Å². The van der Waals surface area contributed by atoms with Crippen molar-refractivity contribution in [3.05, 3.63) is 36.2 Å². The number of nitrogens with one attached hydrogen (secondary N) is 1. The Balaban J connectivity index is 0.00000200. The van der Waals surface area contributed by atoms with Gasteiger partial charge in [-0.05, 0) is 43.1 Å². The molecule has 0 aliphatic carbocycles. The molecule has 2 rings (SSSR count). The molecule has 0 aromatic carbocycles. The van der Waals surface area contributed by atoms with Gasteiger partial charge in [-0.1, -0.05) is 12.6 Å². The zero-order valence-electron chi connectivity index (χ0n) is 10.6. The second-order valence-corrected chi connectivity index (χ2v) is 4.62. The highest BCUT2D eigenvalue weighted by molar-refractivity contribution is 5.85. The lowest BCUT2D eigenvalue weighted by molar-refractivity contribution is -0.141. The van der Waals surface area contributed by atoms with Gasteiger partial charge < -0.3 is 5.32 Å². The van der Waals surface area contributed by atoms with Crippen molar-refractivity contribution in [2.45, 2.75) is 24.7 Å². The van der Waals surface area contributed by atoms with Crippen LogP contribution in [0, 0.1) is 0 Å². The van der Waals surface area contributed by atoms with Crippen molar-refractivity contribution in [2.24, 2.45) is 0 Å². The fourth-order valence-electron chi connectivity index (χ4n) is 2.12. The molecule has 0 spiro atoms. The normalized spacial score (nSPS) is 18.2. The first-order valence-corrected chi connectivity index (χ1v) is 5.95. The fourth-order valence-corrected chi connectivity index (χ4v) is 2.12. The topological polar surface area (TPSA) is 24.9 Å². The van der Waals surface area contributed by atoms with E-state index in [4.69, 9.17) is 0 Å². The second-order valence-electron chi connectivity index (χ2n) is 4.62. The molecule has 0 unspecified atom stereocenters. The van der Waals surface area contributed by atoms with Crippen molar-refractivity contribution < 1.29 is 17.6 Å². The van der Waals surface area contributed by atoms with Crippen molar-refractivity contribution in [2.75, 3.05) is 13.1 Å². The van der Waals surface area contributed by atoms with Gasteiger partial charge in [-0.15, -0.1) is 12.4 Å². The van der Waals surface area contributed by atoms with E-state index >= 15 is 0 Å². The lowest BCUT2D eigenvalue weighted by Gasteiger charge is -2.32. The van der Waals surface area contributed by atoms with Gasteiger partial charge in [-0.3, -0.25) is 4.98 Å². The molecule has 0 atom stereocenters. The molecule has 1 aromatic heterocycles. The number of halogens is 5. The van der Waals surface area contributed by atoms with Gasteiger partial charge in [-0.2, -0.15) is 13.2 Å². The van der Waals surface area contributed by atoms with Crippen LogP contribution in [0.2, 0.25) is 0 Å². The molecule has 2 nitrogen and oxygen atoms in total. The largest absolute Gasteiger partial charge is 0.433 e. The molecule has 0 amide bonds. The summed E-state index contributed by atoms with van der Waals surface area (Å²) in [6, 6.07) is 2.08. The SMILES string of the molecule is C=C(c1ccc(C(F)(F)F)nc1)C1(F)CCNCC1.Cl. The highest BCUT2D eigenvalue weighted by Crippen LogP contribution is 2.37. The summed E-state index contributed by atoms with van der Waals surface area (Å²) >= 11 is 0. The number of rotatable bonds is 2. The summed E-state index contributed by atoms with van der Waals surface area (Å²) in [5, 5.41) is 3.03. The number of pyridine rings is 1. The Labute approximate surface area is 120 Å². The molecule has 1 saturated heterocycles. The maximum Gasteiger partial charge on any atom is 0.433 e. The summed E-state index contributed by atoms with van der Waals surface area (Å²) in [6.07, 6.45) is -2.91. The van der Waals surface area contributed by atoms with E-state index in [9.17, 15) is 17.6 Å². The zero-order valence-corrected chi connectivity index (χ0v) is 11.5. The molecular weight excluding hydrogens is 296 g/mol. The summed E-state index contributed by atoms with van der Waals surface area (Å²) in [5.74, 6) is 0. The number of alkyl halides is 4. The molecule has 1 fully saturated rings. The fraction of sp³-hybridized carbons (Fsp3) is 0.462. The van der Waals surface area contributed by atoms with Gasteiger partial charge in [0.25, 0.3) is 0 Å². The second kappa shape index (κ2) is 6.10. The summed E-state index contributed by atoms with van der Waals surface area (Å²) < 4.78 is 51.7. The van der Waals surface area contributed by atoms with Gasteiger partial charge in [-0.25, -0.2) is 4.39 Å². The summed E-state index contributed by atoms with van der Waals surface area (Å²) in [4.78, 5) is 3.33. The van der Waals surface area contributed by atoms with Gasteiger partial charge in [0.2, 0.25) is 0 Å². The Morgan fingerprint density at radius 3 is 2.30 bits per heavy atom. The van der Waals surface area contributed by atoms with E-state index < -0.39 is 17.5 Å². The smallest absolute Gasteiger partial charge is 0.316 e. The van der Waals surface area contributed by atoms with Gasteiger partial charge >= 0.3 is 6.18 Å². The van der Waals surface area contributed by atoms with Crippen LogP contribution < -0.4 is 5.32 Å². The van der Waals surface area contributed by atoms with Gasteiger partial charge in [0.05, 0.1) is 0 Å². The van der Waals surface area contributed by atoms with E-state index in [1.54, 1.807) is 0 Å². The third-order valence-electron chi connectivity index (χ3n) is 3.34. The van der Waals surface area contributed by atoms with E-state index in [0.717, 1.165) is 12.3 Å². The lowest BCUT2D eigenvalue weighted by Crippen LogP contribution is -2.39. The van der Waals surface area contributed by atoms with E-state index in [2.05, 4.69) is 16.9 Å². The van der Waals surface area contributed by atoms with Crippen LogP contribution in [0.15, 0.2) is 24.9 Å². The minimum absolute atomic E-state index is 0. The monoisotopic (exact) mass is 310 g/mol. The van der Waals surface area contributed by atoms with E-state index in [-0.39, 0.29) is 30.8 Å². The first kappa shape index (κ1) is 16.9. The van der Waals surface area contributed by atoms with Crippen LogP contribution in [0.25, 0.3) is 5.57 Å².